The minimum absolute atomic E-state index is 0.00943. The van der Waals surface area contributed by atoms with Gasteiger partial charge in [0.1, 0.15) is 11.5 Å². The molecule has 3 heterocycles. The van der Waals surface area contributed by atoms with Crippen LogP contribution in [0.3, 0.4) is 0 Å². The van der Waals surface area contributed by atoms with E-state index in [9.17, 15) is 22.8 Å². The molecule has 11 heteroatoms. The summed E-state index contributed by atoms with van der Waals surface area (Å²) < 4.78 is 40.1. The molecule has 1 aromatic heterocycles. The molecule has 0 aliphatic carbocycles. The second-order valence-corrected chi connectivity index (χ2v) is 5.70. The minimum Gasteiger partial charge on any atom is -0.344 e. The SMILES string of the molecule is O=C1CCC(C(=O)NCc2nnc3n2C[C@H](C(F)(F)F)CC3)=NN1. The predicted octanol–water partition coefficient (Wildman–Crippen LogP) is 0.285. The lowest BCUT2D eigenvalue weighted by atomic mass is 9.99. The zero-order valence-electron chi connectivity index (χ0n) is 12.6. The molecule has 0 saturated carbocycles. The fourth-order valence-corrected chi connectivity index (χ4v) is 2.68. The minimum atomic E-state index is -4.27. The third-order valence-electron chi connectivity index (χ3n) is 4.06. The summed E-state index contributed by atoms with van der Waals surface area (Å²) in [4.78, 5) is 22.9. The van der Waals surface area contributed by atoms with Crippen molar-refractivity contribution < 1.29 is 22.8 Å². The lowest BCUT2D eigenvalue weighted by Gasteiger charge is -2.26. The third-order valence-corrected chi connectivity index (χ3v) is 4.06. The van der Waals surface area contributed by atoms with E-state index in [1.807, 2.05) is 0 Å². The van der Waals surface area contributed by atoms with Gasteiger partial charge >= 0.3 is 6.18 Å². The summed E-state index contributed by atoms with van der Waals surface area (Å²) in [6.07, 6.45) is -3.70. The van der Waals surface area contributed by atoms with Crippen LogP contribution in [0, 0.1) is 5.92 Å². The lowest BCUT2D eigenvalue weighted by Crippen LogP contribution is -2.37. The van der Waals surface area contributed by atoms with Gasteiger partial charge in [0, 0.05) is 25.8 Å². The fraction of sp³-hybridized carbons (Fsp3) is 0.615. The monoisotopic (exact) mass is 344 g/mol. The lowest BCUT2D eigenvalue weighted by molar-refractivity contribution is -0.182. The van der Waals surface area contributed by atoms with Crippen LogP contribution in [-0.2, 0) is 29.1 Å². The molecule has 0 spiro atoms. The Hall–Kier alpha value is -2.46. The Labute approximate surface area is 134 Å². The maximum atomic E-state index is 12.9. The number of nitrogens with zero attached hydrogens (tertiary/aromatic N) is 4. The maximum Gasteiger partial charge on any atom is 0.393 e. The van der Waals surface area contributed by atoms with Crippen molar-refractivity contribution in [2.24, 2.45) is 11.0 Å². The summed E-state index contributed by atoms with van der Waals surface area (Å²) in [7, 11) is 0. The van der Waals surface area contributed by atoms with E-state index in [2.05, 4.69) is 26.0 Å². The highest BCUT2D eigenvalue weighted by Crippen LogP contribution is 2.34. The second kappa shape index (κ2) is 6.21. The number of carbonyl (C=O) groups excluding carboxylic acids is 2. The van der Waals surface area contributed by atoms with Crippen LogP contribution in [0.4, 0.5) is 13.2 Å². The van der Waals surface area contributed by atoms with Crippen LogP contribution >= 0.6 is 0 Å². The van der Waals surface area contributed by atoms with E-state index in [-0.39, 0.29) is 56.2 Å². The number of fused-ring (bicyclic) bond motifs is 1. The molecule has 8 nitrogen and oxygen atoms in total. The van der Waals surface area contributed by atoms with Crippen LogP contribution < -0.4 is 10.7 Å². The van der Waals surface area contributed by atoms with Crippen molar-refractivity contribution in [2.45, 2.75) is 44.9 Å². The topological polar surface area (TPSA) is 101 Å². The number of carbonyl (C=O) groups is 2. The average Bonchev–Trinajstić information content (AvgIpc) is 2.95. The largest absolute Gasteiger partial charge is 0.393 e. The molecule has 0 bridgehead atoms. The van der Waals surface area contributed by atoms with Gasteiger partial charge in [-0.2, -0.15) is 18.3 Å². The number of hydrazone groups is 1. The van der Waals surface area contributed by atoms with Crippen LogP contribution in [0.15, 0.2) is 5.10 Å². The van der Waals surface area contributed by atoms with E-state index in [4.69, 9.17) is 0 Å². The molecule has 0 fully saturated rings. The number of rotatable bonds is 3. The molecule has 2 aliphatic rings. The van der Waals surface area contributed by atoms with E-state index in [0.29, 0.717) is 5.82 Å². The summed E-state index contributed by atoms with van der Waals surface area (Å²) in [5, 5.41) is 13.9. The maximum absolute atomic E-state index is 12.9. The normalized spacial score (nSPS) is 20.9. The number of hydrogen-bond acceptors (Lipinski definition) is 5. The van der Waals surface area contributed by atoms with Crippen molar-refractivity contribution in [3.8, 4) is 0 Å². The van der Waals surface area contributed by atoms with Gasteiger partial charge < -0.3 is 9.88 Å². The molecule has 24 heavy (non-hydrogen) atoms. The zero-order chi connectivity index (χ0) is 17.3. The second-order valence-electron chi connectivity index (χ2n) is 5.70. The standard InChI is InChI=1S/C13H15F3N6O2/c14-13(15,16)7-1-3-9-19-20-10(22(9)6-7)5-17-12(24)8-2-4-11(23)21-18-8/h7H,1-6H2,(H,17,24)(H,21,23)/t7-/m1/s1. The first-order valence-corrected chi connectivity index (χ1v) is 7.46. The molecule has 2 aliphatic heterocycles. The molecular weight excluding hydrogens is 329 g/mol. The highest BCUT2D eigenvalue weighted by Gasteiger charge is 2.42. The Morgan fingerprint density at radius 1 is 1.29 bits per heavy atom. The average molecular weight is 344 g/mol. The van der Waals surface area contributed by atoms with Crippen LogP contribution in [0.1, 0.15) is 30.9 Å². The van der Waals surface area contributed by atoms with E-state index in [0.717, 1.165) is 0 Å². The molecule has 0 aromatic carbocycles. The van der Waals surface area contributed by atoms with Gasteiger partial charge in [-0.25, -0.2) is 5.43 Å². The Kier molecular flexibility index (Phi) is 4.24. The molecule has 3 rings (SSSR count). The summed E-state index contributed by atoms with van der Waals surface area (Å²) in [6, 6.07) is 0. The van der Waals surface area contributed by atoms with E-state index >= 15 is 0 Å². The number of nitrogens with one attached hydrogen (secondary N) is 2. The van der Waals surface area contributed by atoms with Crippen molar-refractivity contribution in [2.75, 3.05) is 0 Å². The first-order valence-electron chi connectivity index (χ1n) is 7.46. The molecule has 1 atom stereocenters. The number of halogens is 3. The van der Waals surface area contributed by atoms with Crippen molar-refractivity contribution in [1.82, 2.24) is 25.5 Å². The summed E-state index contributed by atoms with van der Waals surface area (Å²) in [5.41, 5.74) is 2.38. The summed E-state index contributed by atoms with van der Waals surface area (Å²) in [5.74, 6) is -1.44. The Bertz CT molecular complexity index is 696. The molecule has 2 amide bonds. The van der Waals surface area contributed by atoms with Gasteiger partial charge in [-0.1, -0.05) is 0 Å². The van der Waals surface area contributed by atoms with Gasteiger partial charge in [-0.3, -0.25) is 9.59 Å². The van der Waals surface area contributed by atoms with Crippen molar-refractivity contribution in [1.29, 1.82) is 0 Å². The van der Waals surface area contributed by atoms with E-state index in [1.165, 1.54) is 4.57 Å². The van der Waals surface area contributed by atoms with Crippen LogP contribution in [0.5, 0.6) is 0 Å². The predicted molar refractivity (Wildman–Crippen MR) is 74.5 cm³/mol. The van der Waals surface area contributed by atoms with Crippen molar-refractivity contribution in [3.05, 3.63) is 11.6 Å². The molecule has 0 radical (unpaired) electrons. The molecule has 1 aromatic rings. The van der Waals surface area contributed by atoms with Crippen LogP contribution in [-0.4, -0.2) is 38.5 Å². The van der Waals surface area contributed by atoms with Gasteiger partial charge in [-0.05, 0) is 6.42 Å². The summed E-state index contributed by atoms with van der Waals surface area (Å²) in [6.45, 7) is -0.294. The van der Waals surface area contributed by atoms with Crippen LogP contribution in [0.2, 0.25) is 0 Å². The highest BCUT2D eigenvalue weighted by molar-refractivity contribution is 6.39. The smallest absolute Gasteiger partial charge is 0.344 e. The first kappa shape index (κ1) is 16.4. The van der Waals surface area contributed by atoms with Gasteiger partial charge in [0.2, 0.25) is 5.91 Å². The van der Waals surface area contributed by atoms with E-state index in [1.54, 1.807) is 0 Å². The fourth-order valence-electron chi connectivity index (χ4n) is 2.68. The Balaban J connectivity index is 1.64. The third kappa shape index (κ3) is 3.39. The van der Waals surface area contributed by atoms with Gasteiger partial charge in [0.25, 0.3) is 5.91 Å². The molecule has 2 N–H and O–H groups in total. The summed E-state index contributed by atoms with van der Waals surface area (Å²) >= 11 is 0. The number of aryl methyl sites for hydroxylation is 1. The zero-order valence-corrected chi connectivity index (χ0v) is 12.6. The van der Waals surface area contributed by atoms with E-state index < -0.39 is 18.0 Å². The molecule has 0 unspecified atom stereocenters. The van der Waals surface area contributed by atoms with Gasteiger partial charge in [0.05, 0.1) is 12.5 Å². The molecule has 130 valence electrons. The molecular formula is C13H15F3N6O2. The van der Waals surface area contributed by atoms with Crippen molar-refractivity contribution in [3.63, 3.8) is 0 Å². The first-order chi connectivity index (χ1) is 11.3. The Morgan fingerprint density at radius 3 is 2.75 bits per heavy atom. The van der Waals surface area contributed by atoms with Crippen LogP contribution in [0.25, 0.3) is 0 Å². The quantitative estimate of drug-likeness (QED) is 0.823. The van der Waals surface area contributed by atoms with Crippen molar-refractivity contribution >= 4 is 17.5 Å². The Morgan fingerprint density at radius 2 is 2.08 bits per heavy atom. The number of amides is 2. The van der Waals surface area contributed by atoms with Gasteiger partial charge in [-0.15, -0.1) is 10.2 Å². The highest BCUT2D eigenvalue weighted by atomic mass is 19.4. The number of hydrogen-bond donors (Lipinski definition) is 2. The van der Waals surface area contributed by atoms with Gasteiger partial charge in [0.15, 0.2) is 5.82 Å². The number of alkyl halides is 3. The molecule has 0 saturated heterocycles. The number of aromatic nitrogens is 3.